The van der Waals surface area contributed by atoms with Crippen molar-refractivity contribution in [3.05, 3.63) is 28.7 Å². The third kappa shape index (κ3) is 2.89. The highest BCUT2D eigenvalue weighted by Gasteiger charge is 2.68. The van der Waals surface area contributed by atoms with Gasteiger partial charge < -0.3 is 14.8 Å². The molecule has 2 aliphatic carbocycles. The number of benzene rings is 1. The van der Waals surface area contributed by atoms with Gasteiger partial charge in [0.1, 0.15) is 6.10 Å². The van der Waals surface area contributed by atoms with E-state index in [0.29, 0.717) is 5.69 Å². The van der Waals surface area contributed by atoms with E-state index in [2.05, 4.69) is 37.2 Å². The molecule has 8 heteroatoms. The number of ether oxygens (including phenoxy) is 2. The fraction of sp³-hybridized carbons (Fsp3) is 0.471. The largest absolute Gasteiger partial charge is 0.461 e. The maximum Gasteiger partial charge on any atom is 0.310 e. The molecule has 1 aliphatic heterocycles. The zero-order chi connectivity index (χ0) is 17.7. The molecule has 3 fully saturated rings. The molecule has 1 N–H and O–H groups in total. The smallest absolute Gasteiger partial charge is 0.310 e. The van der Waals surface area contributed by atoms with E-state index < -0.39 is 23.7 Å². The zero-order valence-corrected chi connectivity index (χ0v) is 16.2. The number of fused-ring (bicyclic) bond motifs is 1. The molecule has 0 radical (unpaired) electrons. The molecule has 0 aromatic heterocycles. The van der Waals surface area contributed by atoms with Crippen molar-refractivity contribution in [1.82, 2.24) is 0 Å². The third-order valence-corrected chi connectivity index (χ3v) is 7.00. The molecule has 0 spiro atoms. The molecule has 1 aromatic carbocycles. The first kappa shape index (κ1) is 17.0. The molecule has 1 aromatic rings. The van der Waals surface area contributed by atoms with Gasteiger partial charge in [-0.15, -0.1) is 0 Å². The summed E-state index contributed by atoms with van der Waals surface area (Å²) in [5.41, 5.74) is 0.618. The Kier molecular flexibility index (Phi) is 4.35. The molecule has 2 bridgehead atoms. The topological polar surface area (TPSA) is 81.7 Å². The molecular formula is C17H15Br2NO5. The number of anilines is 1. The Bertz CT molecular complexity index is 737. The van der Waals surface area contributed by atoms with Crippen molar-refractivity contribution < 1.29 is 23.9 Å². The van der Waals surface area contributed by atoms with E-state index >= 15 is 0 Å². The van der Waals surface area contributed by atoms with Crippen molar-refractivity contribution in [3.8, 4) is 0 Å². The Morgan fingerprint density at radius 1 is 1.24 bits per heavy atom. The van der Waals surface area contributed by atoms with Gasteiger partial charge in [-0.1, -0.05) is 31.9 Å². The molecule has 2 saturated carbocycles. The lowest BCUT2D eigenvalue weighted by atomic mass is 9.80. The number of amides is 1. The molecule has 132 valence electrons. The Morgan fingerprint density at radius 3 is 2.68 bits per heavy atom. The van der Waals surface area contributed by atoms with Crippen LogP contribution in [-0.2, 0) is 23.9 Å². The van der Waals surface area contributed by atoms with Gasteiger partial charge in [-0.25, -0.2) is 0 Å². The summed E-state index contributed by atoms with van der Waals surface area (Å²) < 4.78 is 11.5. The average Bonchev–Trinajstić information content (AvgIpc) is 3.19. The van der Waals surface area contributed by atoms with Gasteiger partial charge in [-0.05, 0) is 36.6 Å². The van der Waals surface area contributed by atoms with Crippen LogP contribution in [0.4, 0.5) is 5.69 Å². The summed E-state index contributed by atoms with van der Waals surface area (Å²) in [7, 11) is 0. The molecule has 4 rings (SSSR count). The summed E-state index contributed by atoms with van der Waals surface area (Å²) in [6.07, 6.45) is 0.647. The summed E-state index contributed by atoms with van der Waals surface area (Å²) in [6.45, 7) is -0.374. The Balaban J connectivity index is 1.35. The lowest BCUT2D eigenvalue weighted by Crippen LogP contribution is -2.39. The molecule has 1 heterocycles. The second kappa shape index (κ2) is 6.39. The molecule has 25 heavy (non-hydrogen) atoms. The van der Waals surface area contributed by atoms with Crippen molar-refractivity contribution in [1.29, 1.82) is 0 Å². The summed E-state index contributed by atoms with van der Waals surface area (Å²) in [5.74, 6) is -2.08. The van der Waals surface area contributed by atoms with E-state index in [1.807, 2.05) is 0 Å². The van der Waals surface area contributed by atoms with E-state index in [4.69, 9.17) is 9.47 Å². The minimum Gasteiger partial charge on any atom is -0.461 e. The Labute approximate surface area is 160 Å². The highest BCUT2D eigenvalue weighted by atomic mass is 79.9. The number of halogens is 2. The van der Waals surface area contributed by atoms with Crippen LogP contribution in [-0.4, -0.2) is 35.4 Å². The monoisotopic (exact) mass is 471 g/mol. The number of hydrogen-bond acceptors (Lipinski definition) is 5. The molecular weight excluding hydrogens is 458 g/mol. The van der Waals surface area contributed by atoms with E-state index in [1.54, 1.807) is 24.3 Å². The summed E-state index contributed by atoms with van der Waals surface area (Å²) >= 11 is 6.86. The van der Waals surface area contributed by atoms with Gasteiger partial charge in [-0.2, -0.15) is 0 Å². The Morgan fingerprint density at radius 2 is 1.96 bits per heavy atom. The van der Waals surface area contributed by atoms with Crippen molar-refractivity contribution in [2.24, 2.45) is 23.7 Å². The van der Waals surface area contributed by atoms with Gasteiger partial charge in [0.2, 0.25) is 0 Å². The number of carbonyl (C=O) groups is 3. The fourth-order valence-corrected chi connectivity index (χ4v) is 5.57. The van der Waals surface area contributed by atoms with Crippen molar-refractivity contribution in [3.63, 3.8) is 0 Å². The van der Waals surface area contributed by atoms with Crippen LogP contribution in [0.25, 0.3) is 0 Å². The van der Waals surface area contributed by atoms with Crippen molar-refractivity contribution in [2.75, 3.05) is 11.9 Å². The van der Waals surface area contributed by atoms with Crippen LogP contribution < -0.4 is 5.32 Å². The maximum atomic E-state index is 12.5. The van der Waals surface area contributed by atoms with Crippen LogP contribution in [0.2, 0.25) is 0 Å². The molecule has 1 saturated heterocycles. The molecule has 6 nitrogen and oxygen atoms in total. The first-order valence-electron chi connectivity index (χ1n) is 8.02. The number of esters is 2. The number of nitrogens with one attached hydrogen (secondary N) is 1. The second-order valence-corrected chi connectivity index (χ2v) is 8.60. The number of carbonyl (C=O) groups excluding carboxylic acids is 3. The maximum absolute atomic E-state index is 12.5. The van der Waals surface area contributed by atoms with Gasteiger partial charge in [0.15, 0.2) is 6.61 Å². The van der Waals surface area contributed by atoms with Crippen molar-refractivity contribution in [2.45, 2.75) is 17.4 Å². The number of rotatable bonds is 4. The van der Waals surface area contributed by atoms with Crippen LogP contribution in [0.15, 0.2) is 28.7 Å². The lowest BCUT2D eigenvalue weighted by Gasteiger charge is -2.26. The second-order valence-electron chi connectivity index (χ2n) is 6.62. The normalized spacial score (nSPS) is 34.7. The zero-order valence-electron chi connectivity index (χ0n) is 13.0. The third-order valence-electron chi connectivity index (χ3n) is 5.27. The van der Waals surface area contributed by atoms with Crippen LogP contribution >= 0.6 is 31.9 Å². The lowest BCUT2D eigenvalue weighted by molar-refractivity contribution is -0.157. The molecule has 6 atom stereocenters. The van der Waals surface area contributed by atoms with E-state index in [-0.39, 0.29) is 35.3 Å². The molecule has 3 aliphatic rings. The quantitative estimate of drug-likeness (QED) is 0.537. The molecule has 0 unspecified atom stereocenters. The van der Waals surface area contributed by atoms with E-state index in [9.17, 15) is 14.4 Å². The van der Waals surface area contributed by atoms with E-state index in [0.717, 1.165) is 10.9 Å². The minimum atomic E-state index is -0.527. The van der Waals surface area contributed by atoms with Crippen LogP contribution in [0.3, 0.4) is 0 Å². The molecule has 1 amide bonds. The van der Waals surface area contributed by atoms with Gasteiger partial charge in [0.25, 0.3) is 5.91 Å². The van der Waals surface area contributed by atoms with Crippen LogP contribution in [0.5, 0.6) is 0 Å². The van der Waals surface area contributed by atoms with Gasteiger partial charge in [0.05, 0.1) is 16.7 Å². The summed E-state index contributed by atoms with van der Waals surface area (Å²) in [5, 5.41) is 2.66. The van der Waals surface area contributed by atoms with Crippen molar-refractivity contribution >= 4 is 55.4 Å². The average molecular weight is 473 g/mol. The highest BCUT2D eigenvalue weighted by molar-refractivity contribution is 9.10. The van der Waals surface area contributed by atoms with Gasteiger partial charge in [-0.3, -0.25) is 14.4 Å². The minimum absolute atomic E-state index is 0.0191. The highest BCUT2D eigenvalue weighted by Crippen LogP contribution is 2.60. The first-order chi connectivity index (χ1) is 12.0. The summed E-state index contributed by atoms with van der Waals surface area (Å²) in [4.78, 5) is 36.4. The Hall–Kier alpha value is -1.41. The van der Waals surface area contributed by atoms with E-state index in [1.165, 1.54) is 0 Å². The predicted molar refractivity (Wildman–Crippen MR) is 94.9 cm³/mol. The number of hydrogen-bond donors (Lipinski definition) is 1. The predicted octanol–water partition coefficient (Wildman–Crippen LogP) is 2.50. The fourth-order valence-electron chi connectivity index (χ4n) is 4.26. The SMILES string of the molecule is O=C(COC(=O)[C@@H]1[C@H]2C[C@H]3[C@H](OC(=O)[C@@H]31)[C@H]2Br)Nc1ccc(Br)cc1. The first-order valence-corrected chi connectivity index (χ1v) is 9.73. The van der Waals surface area contributed by atoms with Gasteiger partial charge >= 0.3 is 11.9 Å². The standard InChI is InChI=1S/C17H15Br2NO5/c18-7-1-3-8(4-2-7)20-11(21)6-24-16(22)12-9-5-10-13(12)17(23)25-15(10)14(9)19/h1-4,9-10,12-15H,5-6H2,(H,20,21)/t9-,10-,12-,13+,14+,15+/m1/s1. The summed E-state index contributed by atoms with van der Waals surface area (Å²) in [6, 6.07) is 7.08. The van der Waals surface area contributed by atoms with Crippen LogP contribution in [0, 0.1) is 23.7 Å². The van der Waals surface area contributed by atoms with Gasteiger partial charge in [0, 0.05) is 16.1 Å². The van der Waals surface area contributed by atoms with Crippen LogP contribution in [0.1, 0.15) is 6.42 Å². The number of alkyl halides is 1.